The van der Waals surface area contributed by atoms with E-state index < -0.39 is 16.1 Å². The summed E-state index contributed by atoms with van der Waals surface area (Å²) in [7, 11) is 0. The summed E-state index contributed by atoms with van der Waals surface area (Å²) in [6.45, 7) is 2.29. The van der Waals surface area contributed by atoms with Crippen LogP contribution in [0.3, 0.4) is 0 Å². The molecule has 5 nitrogen and oxygen atoms in total. The highest BCUT2D eigenvalue weighted by Crippen LogP contribution is 2.29. The minimum atomic E-state index is -1.86. The molecule has 2 aromatic carbocycles. The van der Waals surface area contributed by atoms with Crippen molar-refractivity contribution in [2.45, 2.75) is 55.6 Å². The van der Waals surface area contributed by atoms with Crippen LogP contribution in [-0.4, -0.2) is 21.2 Å². The summed E-state index contributed by atoms with van der Waals surface area (Å²) in [5.41, 5.74) is 2.90. The van der Waals surface area contributed by atoms with Crippen LogP contribution >= 0.6 is 47.0 Å². The number of hydrogen-bond acceptors (Lipinski definition) is 3. The van der Waals surface area contributed by atoms with Crippen LogP contribution in [-0.2, 0) is 17.8 Å². The molecule has 0 saturated carbocycles. The van der Waals surface area contributed by atoms with Gasteiger partial charge in [0.1, 0.15) is 6.61 Å². The first-order valence-corrected chi connectivity index (χ1v) is 12.0. The highest BCUT2D eigenvalue weighted by atomic mass is 35.6. The molecule has 2 rings (SSSR count). The molecule has 0 fully saturated rings. The highest BCUT2D eigenvalue weighted by molar-refractivity contribution is 7.80. The predicted octanol–water partition coefficient (Wildman–Crippen LogP) is 6.72. The Hall–Kier alpha value is -1.73. The van der Waals surface area contributed by atoms with Gasteiger partial charge in [-0.1, -0.05) is 103 Å². The number of nitrogens with one attached hydrogen (secondary N) is 3. The number of carbonyl (C=O) groups is 1. The molecule has 0 aromatic heterocycles. The number of alkyl halides is 3. The summed E-state index contributed by atoms with van der Waals surface area (Å²) in [5, 5.41) is 8.53. The molecule has 1 unspecified atom stereocenters. The molecule has 2 aromatic rings. The van der Waals surface area contributed by atoms with Crippen LogP contribution in [0.1, 0.15) is 43.7 Å². The quantitative estimate of drug-likeness (QED) is 0.142. The number of thiocarbonyl (C=S) groups is 1. The summed E-state index contributed by atoms with van der Waals surface area (Å²) < 4.78 is 3.32. The Morgan fingerprint density at radius 2 is 1.66 bits per heavy atom. The Morgan fingerprint density at radius 3 is 2.28 bits per heavy atom. The van der Waals surface area contributed by atoms with Crippen molar-refractivity contribution < 1.29 is 9.53 Å². The predicted molar refractivity (Wildman–Crippen MR) is 137 cm³/mol. The molecule has 0 aliphatic heterocycles. The topological polar surface area (TPSA) is 62.4 Å². The van der Waals surface area contributed by atoms with Crippen molar-refractivity contribution in [3.8, 4) is 0 Å². The maximum Gasteiger partial charge on any atom is 0.409 e. The number of halogens is 3. The number of anilines is 1. The van der Waals surface area contributed by atoms with Gasteiger partial charge in [-0.25, -0.2) is 4.79 Å². The van der Waals surface area contributed by atoms with Crippen molar-refractivity contribution in [1.82, 2.24) is 10.6 Å². The molecule has 9 heteroatoms. The standard InChI is InChI=1S/C23H28Cl3N3O2S/c1-2-3-4-6-9-17-12-14-19(15-13-17)27-21(32)28-20(23(24,25)26)29-22(30)31-16-18-10-7-5-8-11-18/h5,7-8,10-15,20H,2-4,6,9,16H2,1H3,(H,29,30)(H2,27,28,32). The van der Waals surface area contributed by atoms with Gasteiger partial charge in [0.05, 0.1) is 0 Å². The zero-order valence-electron chi connectivity index (χ0n) is 17.9. The number of aryl methyl sites for hydroxylation is 1. The lowest BCUT2D eigenvalue weighted by molar-refractivity contribution is 0.135. The van der Waals surface area contributed by atoms with Crippen LogP contribution in [0.15, 0.2) is 54.6 Å². The van der Waals surface area contributed by atoms with Crippen molar-refractivity contribution >= 4 is 63.9 Å². The van der Waals surface area contributed by atoms with E-state index in [1.165, 1.54) is 31.2 Å². The van der Waals surface area contributed by atoms with Gasteiger partial charge < -0.3 is 15.4 Å². The molecular formula is C23H28Cl3N3O2S. The molecule has 1 atom stereocenters. The zero-order chi connectivity index (χ0) is 23.4. The molecule has 0 aliphatic carbocycles. The average Bonchev–Trinajstić information content (AvgIpc) is 2.76. The Labute approximate surface area is 210 Å². The number of ether oxygens (including phenoxy) is 1. The van der Waals surface area contributed by atoms with E-state index in [1.54, 1.807) is 0 Å². The molecule has 32 heavy (non-hydrogen) atoms. The van der Waals surface area contributed by atoms with Crippen LogP contribution in [0.2, 0.25) is 0 Å². The fraction of sp³-hybridized carbons (Fsp3) is 0.391. The normalized spacial score (nSPS) is 12.0. The number of alkyl carbamates (subject to hydrolysis) is 1. The number of benzene rings is 2. The Bertz CT molecular complexity index is 846. The number of hydrogen-bond donors (Lipinski definition) is 3. The first-order valence-electron chi connectivity index (χ1n) is 10.5. The Kier molecular flexibility index (Phi) is 11.4. The Balaban J connectivity index is 1.84. The lowest BCUT2D eigenvalue weighted by Crippen LogP contribution is -2.56. The van der Waals surface area contributed by atoms with Gasteiger partial charge in [-0.3, -0.25) is 5.32 Å². The van der Waals surface area contributed by atoms with E-state index in [4.69, 9.17) is 51.8 Å². The van der Waals surface area contributed by atoms with Gasteiger partial charge in [-0.05, 0) is 48.3 Å². The molecule has 0 aliphatic rings. The summed E-state index contributed by atoms with van der Waals surface area (Å²) >= 11 is 23.3. The molecule has 0 heterocycles. The maximum absolute atomic E-state index is 12.2. The molecule has 3 N–H and O–H groups in total. The number of carbonyl (C=O) groups excluding carboxylic acids is 1. The van der Waals surface area contributed by atoms with E-state index in [2.05, 4.69) is 35.0 Å². The van der Waals surface area contributed by atoms with Gasteiger partial charge in [-0.2, -0.15) is 0 Å². The smallest absolute Gasteiger partial charge is 0.409 e. The van der Waals surface area contributed by atoms with Crippen molar-refractivity contribution in [2.24, 2.45) is 0 Å². The summed E-state index contributed by atoms with van der Waals surface area (Å²) in [6, 6.07) is 17.3. The SMILES string of the molecule is CCCCCCc1ccc(NC(=S)NC(NC(=O)OCc2ccccc2)C(Cl)(Cl)Cl)cc1. The largest absolute Gasteiger partial charge is 0.445 e. The third-order valence-electron chi connectivity index (χ3n) is 4.61. The minimum absolute atomic E-state index is 0.0900. The van der Waals surface area contributed by atoms with Crippen LogP contribution in [0.5, 0.6) is 0 Å². The van der Waals surface area contributed by atoms with Crippen molar-refractivity contribution in [3.63, 3.8) is 0 Å². The second-order valence-electron chi connectivity index (χ2n) is 7.29. The minimum Gasteiger partial charge on any atom is -0.445 e. The van der Waals surface area contributed by atoms with Crippen LogP contribution in [0.25, 0.3) is 0 Å². The van der Waals surface area contributed by atoms with Crippen molar-refractivity contribution in [2.75, 3.05) is 5.32 Å². The van der Waals surface area contributed by atoms with Gasteiger partial charge >= 0.3 is 6.09 Å². The maximum atomic E-state index is 12.2. The first-order chi connectivity index (χ1) is 15.3. The van der Waals surface area contributed by atoms with E-state index in [0.717, 1.165) is 17.7 Å². The molecule has 0 spiro atoms. The van der Waals surface area contributed by atoms with Crippen molar-refractivity contribution in [3.05, 3.63) is 65.7 Å². The Morgan fingerprint density at radius 1 is 0.969 bits per heavy atom. The average molecular weight is 517 g/mol. The fourth-order valence-electron chi connectivity index (χ4n) is 2.89. The second kappa shape index (κ2) is 13.7. The number of amides is 1. The van der Waals surface area contributed by atoms with E-state index >= 15 is 0 Å². The first kappa shape index (κ1) is 26.5. The van der Waals surface area contributed by atoms with Crippen molar-refractivity contribution in [1.29, 1.82) is 0 Å². The molecule has 0 saturated heterocycles. The lowest BCUT2D eigenvalue weighted by atomic mass is 10.1. The highest BCUT2D eigenvalue weighted by Gasteiger charge is 2.35. The molecule has 0 radical (unpaired) electrons. The molecule has 0 bridgehead atoms. The summed E-state index contributed by atoms with van der Waals surface area (Å²) in [5.74, 6) is 0. The lowest BCUT2D eigenvalue weighted by Gasteiger charge is -2.27. The fourth-order valence-corrected chi connectivity index (χ4v) is 3.45. The third-order valence-corrected chi connectivity index (χ3v) is 5.48. The van der Waals surface area contributed by atoms with Gasteiger partial charge in [0, 0.05) is 5.69 Å². The van der Waals surface area contributed by atoms with E-state index in [-0.39, 0.29) is 11.7 Å². The number of unbranched alkanes of at least 4 members (excludes halogenated alkanes) is 3. The number of rotatable bonds is 10. The van der Waals surface area contributed by atoms with E-state index in [9.17, 15) is 4.79 Å². The molecule has 1 amide bonds. The molecule has 174 valence electrons. The zero-order valence-corrected chi connectivity index (χ0v) is 21.0. The third kappa shape index (κ3) is 10.3. The molecular weight excluding hydrogens is 489 g/mol. The second-order valence-corrected chi connectivity index (χ2v) is 10.1. The van der Waals surface area contributed by atoms with Crippen LogP contribution < -0.4 is 16.0 Å². The van der Waals surface area contributed by atoms with E-state index in [0.29, 0.717) is 0 Å². The van der Waals surface area contributed by atoms with Gasteiger partial charge in [0.25, 0.3) is 0 Å². The van der Waals surface area contributed by atoms with Gasteiger partial charge in [0.2, 0.25) is 3.79 Å². The van der Waals surface area contributed by atoms with Crippen LogP contribution in [0, 0.1) is 0 Å². The van der Waals surface area contributed by atoms with Gasteiger partial charge in [-0.15, -0.1) is 0 Å². The summed E-state index contributed by atoms with van der Waals surface area (Å²) in [4.78, 5) is 12.2. The van der Waals surface area contributed by atoms with Crippen LogP contribution in [0.4, 0.5) is 10.5 Å². The summed E-state index contributed by atoms with van der Waals surface area (Å²) in [6.07, 6.45) is 4.11. The van der Waals surface area contributed by atoms with E-state index in [1.807, 2.05) is 42.5 Å². The van der Waals surface area contributed by atoms with Gasteiger partial charge in [0.15, 0.2) is 11.3 Å². The monoisotopic (exact) mass is 515 g/mol.